The Bertz CT molecular complexity index is 4370. The minimum absolute atomic E-state index is 0. The molecule has 1 fully saturated rings. The van der Waals surface area contributed by atoms with E-state index < -0.39 is 23.9 Å². The van der Waals surface area contributed by atoms with Crippen LogP contribution in [0.2, 0.25) is 0 Å². The van der Waals surface area contributed by atoms with Gasteiger partial charge in [-0.2, -0.15) is 13.2 Å². The van der Waals surface area contributed by atoms with E-state index in [0.717, 1.165) is 101 Å². The largest absolute Gasteiger partial charge is 0.501 e. The number of aromatic nitrogens is 3. The SMILES string of the molecule is [2H]C([2H])(c1c[c-]c(-c2ccccn2)cc1)C(C)(C)C(F)(F)F.[2H]C1(c2ccc(-c3ccc(-c4ccc5c(c4)oc4c(-c6nc7ccccc7n6-c6c(C(C)C)cc(-c7ccc(-c8ccccc8)cc7)cc6C(C)C)[c-]ccc45)cc3)cc2)CCCCC1.[Ir]. The van der Waals surface area contributed by atoms with Crippen LogP contribution in [0.1, 0.15) is 118 Å². The van der Waals surface area contributed by atoms with Crippen molar-refractivity contribution >= 4 is 33.0 Å². The number of fused-ring (bicyclic) bond motifs is 4. The first kappa shape index (κ1) is 54.8. The molecule has 0 aliphatic heterocycles. The fourth-order valence-corrected chi connectivity index (χ4v) is 11.6. The van der Waals surface area contributed by atoms with E-state index in [-0.39, 0.29) is 37.5 Å². The van der Waals surface area contributed by atoms with Gasteiger partial charge >= 0.3 is 6.18 Å². The minimum atomic E-state index is -4.66. The third kappa shape index (κ3) is 12.2. The maximum absolute atomic E-state index is 13.1. The zero-order valence-corrected chi connectivity index (χ0v) is 51.0. The predicted octanol–water partition coefficient (Wildman–Crippen LogP) is 22.0. The molecule has 4 nitrogen and oxygen atoms in total. The summed E-state index contributed by atoms with van der Waals surface area (Å²) in [5.74, 6) is 0.853. The standard InChI is InChI=1S/C61H53N2O.C16H15F3N.Ir/c1-39(2)54-36-50(48-32-28-44(29-33-48)42-16-9-6-10-17-42)37-55(40(3)4)59(54)63-57-21-12-11-20-56(57)62-61(63)53-19-13-18-52-51-35-34-49(38-58(51)64-60(52)53)47-30-26-46(27-31-47)45-24-22-43(23-25-45)41-14-7-5-8-15-41;1-15(2,16(17,18)19)11-12-6-8-13(9-7-12)14-5-3-4-10-20-14;/h6,9-13,16-18,20-41H,5,7-8,14-15H2,1-4H3;3-8,10H,11H2,1-2H3;/q2*-1;/i41D;11D2;. The van der Waals surface area contributed by atoms with Crippen molar-refractivity contribution in [2.75, 3.05) is 0 Å². The van der Waals surface area contributed by atoms with Crippen LogP contribution in [0, 0.1) is 17.5 Å². The Balaban J connectivity index is 0.000000295. The first-order chi connectivity index (χ1) is 41.8. The minimum Gasteiger partial charge on any atom is -0.501 e. The molecule has 1 saturated carbocycles. The van der Waals surface area contributed by atoms with Crippen LogP contribution < -0.4 is 0 Å². The molecule has 9 aromatic carbocycles. The summed E-state index contributed by atoms with van der Waals surface area (Å²) in [6.07, 6.45) is -0.165. The van der Waals surface area contributed by atoms with Gasteiger partial charge in [0.15, 0.2) is 0 Å². The van der Waals surface area contributed by atoms with Gasteiger partial charge in [-0.3, -0.25) is 4.98 Å². The van der Waals surface area contributed by atoms with Crippen molar-refractivity contribution in [1.82, 2.24) is 14.5 Å². The quantitative estimate of drug-likeness (QED) is 0.115. The van der Waals surface area contributed by atoms with Gasteiger partial charge in [0.1, 0.15) is 5.58 Å². The first-order valence-electron chi connectivity index (χ1n) is 30.7. The van der Waals surface area contributed by atoms with E-state index >= 15 is 0 Å². The smallest absolute Gasteiger partial charge is 0.393 e. The second kappa shape index (κ2) is 24.8. The Morgan fingerprint density at radius 2 is 1.19 bits per heavy atom. The van der Waals surface area contributed by atoms with Gasteiger partial charge in [-0.05, 0) is 140 Å². The van der Waals surface area contributed by atoms with E-state index in [1.54, 1.807) is 24.4 Å². The molecule has 13 rings (SSSR count). The molecule has 1 aliphatic carbocycles. The van der Waals surface area contributed by atoms with Crippen molar-refractivity contribution in [2.24, 2.45) is 5.41 Å². The summed E-state index contributed by atoms with van der Waals surface area (Å²) in [6, 6.07) is 76.9. The number of nitrogens with zero attached hydrogens (tertiary/aromatic N) is 3. The Hall–Kier alpha value is -8.16. The summed E-state index contributed by atoms with van der Waals surface area (Å²) in [5.41, 5.74) is 17.4. The van der Waals surface area contributed by atoms with Gasteiger partial charge in [0.25, 0.3) is 0 Å². The number of rotatable bonds is 12. The fourth-order valence-electron chi connectivity index (χ4n) is 11.6. The molecular weight excluding hydrogens is 1230 g/mol. The molecule has 0 spiro atoms. The van der Waals surface area contributed by atoms with E-state index in [9.17, 15) is 13.2 Å². The molecule has 3 aromatic heterocycles. The Labute approximate surface area is 515 Å². The van der Waals surface area contributed by atoms with Gasteiger partial charge < -0.3 is 14.0 Å². The number of pyridine rings is 1. The average molecular weight is 1300 g/mol. The summed E-state index contributed by atoms with van der Waals surface area (Å²) in [4.78, 5) is 9.52. The molecule has 12 aromatic rings. The van der Waals surface area contributed by atoms with Crippen molar-refractivity contribution in [3.63, 3.8) is 0 Å². The number of hydrogen-bond donors (Lipinski definition) is 0. The number of imidazole rings is 1. The van der Waals surface area contributed by atoms with Crippen molar-refractivity contribution in [2.45, 2.75) is 104 Å². The van der Waals surface area contributed by atoms with Gasteiger partial charge in [0.05, 0.1) is 27.9 Å². The second-order valence-electron chi connectivity index (χ2n) is 23.2. The molecule has 0 N–H and O–H groups in total. The summed E-state index contributed by atoms with van der Waals surface area (Å²) in [6.45, 7) is 10.9. The van der Waals surface area contributed by atoms with Crippen LogP contribution in [0.25, 0.3) is 106 Å². The molecule has 85 heavy (non-hydrogen) atoms. The summed E-state index contributed by atoms with van der Waals surface area (Å²) < 4.78 is 73.5. The third-order valence-electron chi connectivity index (χ3n) is 16.4. The van der Waals surface area contributed by atoms with Crippen molar-refractivity contribution in [1.29, 1.82) is 0 Å². The Kier molecular flexibility index (Phi) is 16.0. The summed E-state index contributed by atoms with van der Waals surface area (Å²) >= 11 is 0. The molecule has 429 valence electrons. The summed E-state index contributed by atoms with van der Waals surface area (Å²) in [7, 11) is 0. The molecule has 0 atom stereocenters. The van der Waals surface area contributed by atoms with Crippen LogP contribution >= 0.6 is 0 Å². The Morgan fingerprint density at radius 1 is 0.612 bits per heavy atom. The molecule has 1 aliphatic rings. The molecule has 0 saturated heterocycles. The van der Waals surface area contributed by atoms with Crippen molar-refractivity contribution in [3.8, 4) is 72.8 Å². The van der Waals surface area contributed by atoms with Gasteiger partial charge in [0, 0.05) is 41.5 Å². The second-order valence-corrected chi connectivity index (χ2v) is 23.2. The number of hydrogen-bond acceptors (Lipinski definition) is 3. The van der Waals surface area contributed by atoms with Crippen LogP contribution in [0.4, 0.5) is 13.2 Å². The maximum Gasteiger partial charge on any atom is 0.393 e. The number of benzene rings is 9. The monoisotopic (exact) mass is 1300 g/mol. The van der Waals surface area contributed by atoms with Crippen LogP contribution in [-0.2, 0) is 26.5 Å². The Morgan fingerprint density at radius 3 is 1.79 bits per heavy atom. The number of halogens is 3. The molecule has 0 unspecified atom stereocenters. The van der Waals surface area contributed by atoms with E-state index in [0.29, 0.717) is 11.3 Å². The van der Waals surface area contributed by atoms with Gasteiger partial charge in [0.2, 0.25) is 0 Å². The molecule has 1 radical (unpaired) electrons. The van der Waals surface area contributed by atoms with Gasteiger partial charge in [-0.1, -0.05) is 211 Å². The molecule has 3 heterocycles. The van der Waals surface area contributed by atoms with E-state index in [4.69, 9.17) is 13.5 Å². The van der Waals surface area contributed by atoms with E-state index in [1.807, 2.05) is 6.07 Å². The molecule has 0 bridgehead atoms. The predicted molar refractivity (Wildman–Crippen MR) is 340 cm³/mol. The van der Waals surface area contributed by atoms with Crippen LogP contribution in [0.3, 0.4) is 0 Å². The molecule has 8 heteroatoms. The summed E-state index contributed by atoms with van der Waals surface area (Å²) in [5, 5.41) is 2.11. The van der Waals surface area contributed by atoms with Gasteiger partial charge in [-0.15, -0.1) is 53.6 Å². The number of furan rings is 1. The average Bonchev–Trinajstić information content (AvgIpc) is 1.69. The molecular formula is C77H68F3IrN3O-2. The van der Waals surface area contributed by atoms with Crippen molar-refractivity contribution < 1.29 is 41.8 Å². The first-order valence-corrected chi connectivity index (χ1v) is 29.2. The zero-order chi connectivity index (χ0) is 60.8. The van der Waals surface area contributed by atoms with E-state index in [2.05, 4.69) is 213 Å². The fraction of sp³-hybridized carbons (Fsp3) is 0.221. The topological polar surface area (TPSA) is 43.9 Å². The third-order valence-corrected chi connectivity index (χ3v) is 16.4. The van der Waals surface area contributed by atoms with Crippen molar-refractivity contribution in [3.05, 3.63) is 247 Å². The normalized spacial score (nSPS) is 14.2. The van der Waals surface area contributed by atoms with E-state index in [1.165, 1.54) is 74.8 Å². The maximum atomic E-state index is 13.1. The van der Waals surface area contributed by atoms with Crippen LogP contribution in [-0.4, -0.2) is 20.7 Å². The van der Waals surface area contributed by atoms with Crippen LogP contribution in [0.15, 0.2) is 217 Å². The number of para-hydroxylation sites is 2. The van der Waals surface area contributed by atoms with Gasteiger partial charge in [-0.25, -0.2) is 0 Å². The number of alkyl halides is 3. The van der Waals surface area contributed by atoms with Crippen LogP contribution in [0.5, 0.6) is 0 Å². The zero-order valence-electron chi connectivity index (χ0n) is 51.6. The molecule has 0 amide bonds.